The van der Waals surface area contributed by atoms with Crippen molar-refractivity contribution < 1.29 is 0 Å². The second-order valence-corrected chi connectivity index (χ2v) is 5.50. The van der Waals surface area contributed by atoms with E-state index < -0.39 is 0 Å². The van der Waals surface area contributed by atoms with Crippen molar-refractivity contribution in [3.63, 3.8) is 0 Å². The van der Waals surface area contributed by atoms with Crippen LogP contribution in [-0.2, 0) is 0 Å². The molecule has 2 heterocycles. The lowest BCUT2D eigenvalue weighted by molar-refractivity contribution is 0.823. The summed E-state index contributed by atoms with van der Waals surface area (Å²) in [5.74, 6) is 6.35. The summed E-state index contributed by atoms with van der Waals surface area (Å²) in [7, 11) is 0. The smallest absolute Gasteiger partial charge is 0.154 e. The van der Waals surface area contributed by atoms with E-state index in [1.807, 2.05) is 47.1 Å². The van der Waals surface area contributed by atoms with Crippen LogP contribution in [0.25, 0.3) is 16.9 Å². The van der Waals surface area contributed by atoms with Gasteiger partial charge in [-0.25, -0.2) is 9.50 Å². The van der Waals surface area contributed by atoms with Crippen molar-refractivity contribution in [1.29, 1.82) is 0 Å². The van der Waals surface area contributed by atoms with Gasteiger partial charge in [-0.05, 0) is 18.6 Å². The number of hydrogen-bond donors (Lipinski definition) is 3. The summed E-state index contributed by atoms with van der Waals surface area (Å²) in [5, 5.41) is 11.5. The van der Waals surface area contributed by atoms with Gasteiger partial charge in [0.05, 0.1) is 11.9 Å². The van der Waals surface area contributed by atoms with Gasteiger partial charge in [0.1, 0.15) is 11.7 Å². The Morgan fingerprint density at radius 3 is 2.71 bits per heavy atom. The molecule has 0 saturated carbocycles. The molecule has 3 aromatic rings. The van der Waals surface area contributed by atoms with E-state index in [1.54, 1.807) is 0 Å². The third-order valence-corrected chi connectivity index (χ3v) is 3.81. The first-order chi connectivity index (χ1) is 11.7. The standard InChI is InChI=1S/C17H21N7/c1-2-3-10-20-15-8-9-16-21-11-14(24(16)23-15)12-4-6-13(7-5-12)17(18)22-19/h4-9,11H,2-3,10,19H2,1H3,(H2,18,22)(H,20,23). The van der Waals surface area contributed by atoms with E-state index in [-0.39, 0.29) is 0 Å². The monoisotopic (exact) mass is 323 g/mol. The highest BCUT2D eigenvalue weighted by Crippen LogP contribution is 2.21. The maximum absolute atomic E-state index is 5.72. The SMILES string of the molecule is CCCCNc1ccc2ncc(-c3ccc(/C(N)=N/N)cc3)n2n1. The van der Waals surface area contributed by atoms with Gasteiger partial charge in [0.15, 0.2) is 5.65 Å². The number of anilines is 1. The lowest BCUT2D eigenvalue weighted by Crippen LogP contribution is -2.15. The number of unbranched alkanes of at least 4 members (excludes halogenated alkanes) is 1. The van der Waals surface area contributed by atoms with Crippen molar-refractivity contribution >= 4 is 17.3 Å². The number of hydrazone groups is 1. The molecule has 0 fully saturated rings. The zero-order valence-electron chi connectivity index (χ0n) is 13.6. The van der Waals surface area contributed by atoms with Crippen molar-refractivity contribution in [3.05, 3.63) is 48.2 Å². The number of rotatable bonds is 6. The number of nitrogens with two attached hydrogens (primary N) is 2. The molecular formula is C17H21N7. The number of imidazole rings is 1. The molecule has 0 aliphatic heterocycles. The van der Waals surface area contributed by atoms with Crippen LogP contribution in [0.3, 0.4) is 0 Å². The topological polar surface area (TPSA) is 107 Å². The molecule has 1 aromatic carbocycles. The predicted molar refractivity (Wildman–Crippen MR) is 96.7 cm³/mol. The van der Waals surface area contributed by atoms with E-state index >= 15 is 0 Å². The van der Waals surface area contributed by atoms with Crippen LogP contribution in [0.5, 0.6) is 0 Å². The van der Waals surface area contributed by atoms with Gasteiger partial charge in [0.2, 0.25) is 0 Å². The third kappa shape index (κ3) is 3.15. The largest absolute Gasteiger partial charge is 0.382 e. The Morgan fingerprint density at radius 2 is 2.00 bits per heavy atom. The Labute approximate surface area is 140 Å². The molecule has 124 valence electrons. The average Bonchev–Trinajstić information content (AvgIpc) is 3.04. The maximum Gasteiger partial charge on any atom is 0.154 e. The molecular weight excluding hydrogens is 302 g/mol. The molecule has 0 saturated heterocycles. The van der Waals surface area contributed by atoms with Gasteiger partial charge in [0.25, 0.3) is 0 Å². The molecule has 0 atom stereocenters. The molecule has 3 rings (SSSR count). The fraction of sp³-hybridized carbons (Fsp3) is 0.235. The van der Waals surface area contributed by atoms with Crippen LogP contribution >= 0.6 is 0 Å². The summed E-state index contributed by atoms with van der Waals surface area (Å²) in [5.41, 5.74) is 9.21. The molecule has 24 heavy (non-hydrogen) atoms. The number of benzene rings is 1. The van der Waals surface area contributed by atoms with E-state index in [0.717, 1.165) is 47.7 Å². The van der Waals surface area contributed by atoms with E-state index in [1.165, 1.54) is 0 Å². The van der Waals surface area contributed by atoms with Gasteiger partial charge in [-0.15, -0.1) is 5.10 Å². The van der Waals surface area contributed by atoms with Crippen molar-refractivity contribution in [1.82, 2.24) is 14.6 Å². The quantitative estimate of drug-likeness (QED) is 0.212. The van der Waals surface area contributed by atoms with Crippen LogP contribution in [0.4, 0.5) is 5.82 Å². The molecule has 0 radical (unpaired) electrons. The lowest BCUT2D eigenvalue weighted by atomic mass is 10.1. The number of hydrogen-bond acceptors (Lipinski definition) is 5. The Bertz CT molecular complexity index is 849. The number of nitrogens with zero attached hydrogens (tertiary/aromatic N) is 4. The van der Waals surface area contributed by atoms with Gasteiger partial charge in [-0.3, -0.25) is 0 Å². The molecule has 5 N–H and O–H groups in total. The Morgan fingerprint density at radius 1 is 1.21 bits per heavy atom. The first-order valence-corrected chi connectivity index (χ1v) is 7.95. The second-order valence-electron chi connectivity index (χ2n) is 5.50. The minimum absolute atomic E-state index is 0.306. The summed E-state index contributed by atoms with van der Waals surface area (Å²) in [4.78, 5) is 4.41. The molecule has 0 aliphatic rings. The number of fused-ring (bicyclic) bond motifs is 1. The van der Waals surface area contributed by atoms with Crippen molar-refractivity contribution in [2.45, 2.75) is 19.8 Å². The highest BCUT2D eigenvalue weighted by Gasteiger charge is 2.08. The van der Waals surface area contributed by atoms with E-state index in [4.69, 9.17) is 11.6 Å². The van der Waals surface area contributed by atoms with E-state index in [9.17, 15) is 0 Å². The summed E-state index contributed by atoms with van der Waals surface area (Å²) in [6, 6.07) is 11.6. The molecule has 0 unspecified atom stereocenters. The van der Waals surface area contributed by atoms with Gasteiger partial charge in [0, 0.05) is 17.7 Å². The van der Waals surface area contributed by atoms with Crippen LogP contribution in [0.15, 0.2) is 47.7 Å². The van der Waals surface area contributed by atoms with Crippen LogP contribution in [0.2, 0.25) is 0 Å². The van der Waals surface area contributed by atoms with Crippen LogP contribution < -0.4 is 16.9 Å². The highest BCUT2D eigenvalue weighted by atomic mass is 15.3. The maximum atomic E-state index is 5.72. The second kappa shape index (κ2) is 6.99. The van der Waals surface area contributed by atoms with Crippen LogP contribution in [0.1, 0.15) is 25.3 Å². The molecule has 0 amide bonds. The average molecular weight is 323 g/mol. The van der Waals surface area contributed by atoms with E-state index in [2.05, 4.69) is 27.4 Å². The van der Waals surface area contributed by atoms with Crippen LogP contribution in [0, 0.1) is 0 Å². The molecule has 0 aliphatic carbocycles. The number of aromatic nitrogens is 3. The fourth-order valence-electron chi connectivity index (χ4n) is 2.44. The Hall–Kier alpha value is -3.09. The van der Waals surface area contributed by atoms with Gasteiger partial charge < -0.3 is 16.9 Å². The normalized spacial score (nSPS) is 11.8. The van der Waals surface area contributed by atoms with Gasteiger partial charge in [-0.2, -0.15) is 5.10 Å². The zero-order valence-corrected chi connectivity index (χ0v) is 13.6. The van der Waals surface area contributed by atoms with E-state index in [0.29, 0.717) is 5.84 Å². The Kier molecular flexibility index (Phi) is 4.60. The third-order valence-electron chi connectivity index (χ3n) is 3.81. The van der Waals surface area contributed by atoms with Gasteiger partial charge in [-0.1, -0.05) is 37.6 Å². The lowest BCUT2D eigenvalue weighted by Gasteiger charge is -2.07. The Balaban J connectivity index is 1.92. The van der Waals surface area contributed by atoms with Crippen molar-refractivity contribution in [2.24, 2.45) is 16.7 Å². The first kappa shape index (κ1) is 15.8. The predicted octanol–water partition coefficient (Wildman–Crippen LogP) is 2.19. The molecule has 7 heteroatoms. The summed E-state index contributed by atoms with van der Waals surface area (Å²) in [6.07, 6.45) is 4.07. The summed E-state index contributed by atoms with van der Waals surface area (Å²) < 4.78 is 1.84. The van der Waals surface area contributed by atoms with Crippen LogP contribution in [-0.4, -0.2) is 27.0 Å². The number of nitrogens with one attached hydrogen (secondary N) is 1. The molecule has 7 nitrogen and oxygen atoms in total. The summed E-state index contributed by atoms with van der Waals surface area (Å²) in [6.45, 7) is 3.07. The first-order valence-electron chi connectivity index (χ1n) is 7.95. The molecule has 2 aromatic heterocycles. The summed E-state index contributed by atoms with van der Waals surface area (Å²) >= 11 is 0. The van der Waals surface area contributed by atoms with Gasteiger partial charge >= 0.3 is 0 Å². The number of amidine groups is 1. The molecule has 0 spiro atoms. The minimum atomic E-state index is 0.306. The molecule has 0 bridgehead atoms. The zero-order chi connectivity index (χ0) is 16.9. The van der Waals surface area contributed by atoms with Crippen molar-refractivity contribution in [2.75, 3.05) is 11.9 Å². The highest BCUT2D eigenvalue weighted by molar-refractivity contribution is 5.97. The fourth-order valence-corrected chi connectivity index (χ4v) is 2.44. The minimum Gasteiger partial charge on any atom is -0.382 e. The van der Waals surface area contributed by atoms with Crippen molar-refractivity contribution in [3.8, 4) is 11.3 Å².